The molecule has 3 aromatic heterocycles. The molecule has 0 bridgehead atoms. The van der Waals surface area contributed by atoms with Gasteiger partial charge < -0.3 is 4.42 Å². The second-order valence-electron chi connectivity index (χ2n) is 14.3. The number of aromatic nitrogens is 5. The van der Waals surface area contributed by atoms with Gasteiger partial charge in [0.25, 0.3) is 0 Å². The van der Waals surface area contributed by atoms with Crippen LogP contribution in [0.4, 0.5) is 0 Å². The molecule has 0 aliphatic carbocycles. The molecule has 0 saturated carbocycles. The van der Waals surface area contributed by atoms with E-state index in [-0.39, 0.29) is 0 Å². The summed E-state index contributed by atoms with van der Waals surface area (Å²) in [6.45, 7) is 0. The van der Waals surface area contributed by atoms with Gasteiger partial charge in [-0.2, -0.15) is 0 Å². The molecular weight excluding hydrogens is 711 g/mol. The first kappa shape index (κ1) is 33.4. The Morgan fingerprint density at radius 1 is 0.345 bits per heavy atom. The SMILES string of the molecule is c1ccc(-c2ccc3nc(-c4cccc(-c5cccc6c5oc5c(-c7nc(-c8ccccc8)nc(-c8ccccc8)n7)cccc56)c4)n(-c4ccccc4)c3c2)cc1. The molecule has 11 aromatic rings. The van der Waals surface area contributed by atoms with E-state index in [0.29, 0.717) is 17.5 Å². The number of para-hydroxylation sites is 3. The van der Waals surface area contributed by atoms with Crippen LogP contribution in [0.25, 0.3) is 106 Å². The number of rotatable bonds is 7. The van der Waals surface area contributed by atoms with Crippen LogP contribution in [0.3, 0.4) is 0 Å². The quantitative estimate of drug-likeness (QED) is 0.163. The van der Waals surface area contributed by atoms with Crippen LogP contribution in [0.1, 0.15) is 0 Å². The van der Waals surface area contributed by atoms with E-state index in [2.05, 4.69) is 120 Å². The fourth-order valence-corrected chi connectivity index (χ4v) is 7.90. The second kappa shape index (κ2) is 14.0. The van der Waals surface area contributed by atoms with Gasteiger partial charge in [-0.1, -0.05) is 164 Å². The molecule has 0 spiro atoms. The van der Waals surface area contributed by atoms with Gasteiger partial charge in [-0.25, -0.2) is 19.9 Å². The normalized spacial score (nSPS) is 11.4. The maximum atomic E-state index is 6.94. The highest BCUT2D eigenvalue weighted by Gasteiger charge is 2.21. The third-order valence-electron chi connectivity index (χ3n) is 10.7. The van der Waals surface area contributed by atoms with E-state index in [1.54, 1.807) is 0 Å². The zero-order valence-electron chi connectivity index (χ0n) is 31.2. The molecule has 3 heterocycles. The van der Waals surface area contributed by atoms with Crippen molar-refractivity contribution in [3.05, 3.63) is 200 Å². The zero-order valence-corrected chi connectivity index (χ0v) is 31.2. The monoisotopic (exact) mass is 743 g/mol. The first-order valence-corrected chi connectivity index (χ1v) is 19.3. The number of imidazole rings is 1. The second-order valence-corrected chi connectivity index (χ2v) is 14.3. The number of hydrogen-bond acceptors (Lipinski definition) is 5. The van der Waals surface area contributed by atoms with Crippen LogP contribution in [0.2, 0.25) is 0 Å². The lowest BCUT2D eigenvalue weighted by molar-refractivity contribution is 0.670. The number of fused-ring (bicyclic) bond motifs is 4. The van der Waals surface area contributed by atoms with Gasteiger partial charge in [0.1, 0.15) is 17.0 Å². The Morgan fingerprint density at radius 3 is 1.52 bits per heavy atom. The van der Waals surface area contributed by atoms with Crippen molar-refractivity contribution in [2.75, 3.05) is 0 Å². The molecule has 6 nitrogen and oxygen atoms in total. The van der Waals surface area contributed by atoms with Gasteiger partial charge >= 0.3 is 0 Å². The highest BCUT2D eigenvalue weighted by molar-refractivity contribution is 6.12. The Hall–Kier alpha value is -7.96. The van der Waals surface area contributed by atoms with Gasteiger partial charge in [0.05, 0.1) is 16.6 Å². The predicted octanol–water partition coefficient (Wildman–Crippen LogP) is 13.1. The molecule has 0 radical (unpaired) electrons. The summed E-state index contributed by atoms with van der Waals surface area (Å²) in [7, 11) is 0. The third-order valence-corrected chi connectivity index (χ3v) is 10.7. The van der Waals surface area contributed by atoms with Crippen LogP contribution in [0, 0.1) is 0 Å². The summed E-state index contributed by atoms with van der Waals surface area (Å²) in [5.41, 5.74) is 12.5. The summed E-state index contributed by atoms with van der Waals surface area (Å²) in [4.78, 5) is 20.2. The van der Waals surface area contributed by atoms with Crippen LogP contribution in [0.5, 0.6) is 0 Å². The highest BCUT2D eigenvalue weighted by atomic mass is 16.3. The molecule has 0 unspecified atom stereocenters. The molecule has 0 atom stereocenters. The van der Waals surface area contributed by atoms with Gasteiger partial charge in [0.15, 0.2) is 17.5 Å². The molecule has 11 rings (SSSR count). The lowest BCUT2D eigenvalue weighted by Gasteiger charge is -2.11. The Balaban J connectivity index is 1.06. The number of furan rings is 1. The maximum absolute atomic E-state index is 6.94. The summed E-state index contributed by atoms with van der Waals surface area (Å²) in [5, 5.41) is 2.01. The average Bonchev–Trinajstić information content (AvgIpc) is 3.89. The standard InChI is InChI=1S/C52H33N5O/c1-5-16-34(17-6-1)37-30-31-45-46(33-37)57(40-24-11-4-12-25-40)52(53-45)39-23-13-22-38(32-39)41-26-14-27-42-43-28-15-29-44(48(43)58-47(41)42)51-55-49(35-18-7-2-8-19-35)54-50(56-51)36-20-9-3-10-21-36/h1-33H. The largest absolute Gasteiger partial charge is 0.455 e. The van der Waals surface area contributed by atoms with Crippen molar-refractivity contribution >= 4 is 33.0 Å². The molecule has 272 valence electrons. The van der Waals surface area contributed by atoms with E-state index in [0.717, 1.165) is 83.4 Å². The highest BCUT2D eigenvalue weighted by Crippen LogP contribution is 2.41. The first-order valence-electron chi connectivity index (χ1n) is 19.3. The fraction of sp³-hybridized carbons (Fsp3) is 0. The van der Waals surface area contributed by atoms with E-state index >= 15 is 0 Å². The van der Waals surface area contributed by atoms with Crippen LogP contribution >= 0.6 is 0 Å². The topological polar surface area (TPSA) is 69.6 Å². The third kappa shape index (κ3) is 5.83. The number of benzene rings is 8. The lowest BCUT2D eigenvalue weighted by atomic mass is 10.00. The Morgan fingerprint density at radius 2 is 0.862 bits per heavy atom. The van der Waals surface area contributed by atoms with Gasteiger partial charge in [0, 0.05) is 38.7 Å². The molecule has 0 N–H and O–H groups in total. The molecule has 0 aliphatic rings. The van der Waals surface area contributed by atoms with Crippen LogP contribution in [-0.2, 0) is 0 Å². The molecule has 58 heavy (non-hydrogen) atoms. The van der Waals surface area contributed by atoms with Crippen molar-refractivity contribution in [2.24, 2.45) is 0 Å². The van der Waals surface area contributed by atoms with Gasteiger partial charge in [-0.15, -0.1) is 0 Å². The predicted molar refractivity (Wildman–Crippen MR) is 234 cm³/mol. The van der Waals surface area contributed by atoms with E-state index in [1.165, 1.54) is 5.56 Å². The molecule has 0 fully saturated rings. The van der Waals surface area contributed by atoms with Crippen molar-refractivity contribution in [1.29, 1.82) is 0 Å². The summed E-state index contributed by atoms with van der Waals surface area (Å²) in [5.74, 6) is 2.63. The van der Waals surface area contributed by atoms with Gasteiger partial charge in [-0.05, 0) is 53.1 Å². The van der Waals surface area contributed by atoms with Crippen molar-refractivity contribution in [3.8, 4) is 73.5 Å². The average molecular weight is 744 g/mol. The van der Waals surface area contributed by atoms with Crippen molar-refractivity contribution in [3.63, 3.8) is 0 Å². The van der Waals surface area contributed by atoms with Gasteiger partial charge in [-0.3, -0.25) is 4.57 Å². The minimum absolute atomic E-state index is 0.552. The van der Waals surface area contributed by atoms with Crippen molar-refractivity contribution in [2.45, 2.75) is 0 Å². The molecular formula is C52H33N5O. The molecule has 0 saturated heterocycles. The fourth-order valence-electron chi connectivity index (χ4n) is 7.90. The van der Waals surface area contributed by atoms with E-state index in [9.17, 15) is 0 Å². The van der Waals surface area contributed by atoms with Crippen LogP contribution < -0.4 is 0 Å². The van der Waals surface area contributed by atoms with Crippen molar-refractivity contribution < 1.29 is 4.42 Å². The maximum Gasteiger partial charge on any atom is 0.167 e. The first-order chi connectivity index (χ1) is 28.7. The Bertz CT molecular complexity index is 3210. The van der Waals surface area contributed by atoms with Gasteiger partial charge in [0.2, 0.25) is 0 Å². The van der Waals surface area contributed by atoms with Crippen molar-refractivity contribution in [1.82, 2.24) is 24.5 Å². The summed E-state index contributed by atoms with van der Waals surface area (Å²) < 4.78 is 9.20. The summed E-state index contributed by atoms with van der Waals surface area (Å²) >= 11 is 0. The van der Waals surface area contributed by atoms with Crippen LogP contribution in [-0.4, -0.2) is 24.5 Å². The minimum Gasteiger partial charge on any atom is -0.455 e. The molecule has 0 amide bonds. The lowest BCUT2D eigenvalue weighted by Crippen LogP contribution is -2.00. The summed E-state index contributed by atoms with van der Waals surface area (Å²) in [6.07, 6.45) is 0. The molecule has 6 heteroatoms. The van der Waals surface area contributed by atoms with E-state index < -0.39 is 0 Å². The Kier molecular flexibility index (Phi) is 8.04. The molecule has 8 aromatic carbocycles. The van der Waals surface area contributed by atoms with E-state index in [1.807, 2.05) is 84.9 Å². The number of hydrogen-bond donors (Lipinski definition) is 0. The molecule has 0 aliphatic heterocycles. The summed E-state index contributed by atoms with van der Waals surface area (Å²) in [6, 6.07) is 68.6. The Labute approximate surface area is 334 Å². The smallest absolute Gasteiger partial charge is 0.167 e. The van der Waals surface area contributed by atoms with Crippen LogP contribution in [0.15, 0.2) is 205 Å². The number of nitrogens with zero attached hydrogens (tertiary/aromatic N) is 5. The zero-order chi connectivity index (χ0) is 38.4. The minimum atomic E-state index is 0.552. The van der Waals surface area contributed by atoms with E-state index in [4.69, 9.17) is 24.4 Å².